The van der Waals surface area contributed by atoms with Crippen LogP contribution in [-0.2, 0) is 0 Å². The van der Waals surface area contributed by atoms with E-state index in [1.165, 1.54) is 32.1 Å². The van der Waals surface area contributed by atoms with Crippen molar-refractivity contribution in [3.63, 3.8) is 0 Å². The molecule has 1 fully saturated rings. The number of para-hydroxylation sites is 1. The van der Waals surface area contributed by atoms with Gasteiger partial charge >= 0.3 is 0 Å². The van der Waals surface area contributed by atoms with Gasteiger partial charge in [0.25, 0.3) is 0 Å². The third-order valence-electron chi connectivity index (χ3n) is 3.99. The number of benzene rings is 1. The minimum Gasteiger partial charge on any atom is -0.495 e. The highest BCUT2D eigenvalue weighted by atomic mass is 16.5. The zero-order valence-corrected chi connectivity index (χ0v) is 11.4. The molecule has 3 N–H and O–H groups in total. The van der Waals surface area contributed by atoms with Gasteiger partial charge in [0.2, 0.25) is 0 Å². The van der Waals surface area contributed by atoms with Gasteiger partial charge < -0.3 is 15.8 Å². The first-order valence-corrected chi connectivity index (χ1v) is 6.91. The van der Waals surface area contributed by atoms with Gasteiger partial charge in [-0.25, -0.2) is 0 Å². The van der Waals surface area contributed by atoms with Crippen LogP contribution in [-0.4, -0.2) is 13.2 Å². The molecule has 3 heteroatoms. The summed E-state index contributed by atoms with van der Waals surface area (Å²) in [5, 5.41) is 3.61. The van der Waals surface area contributed by atoms with Crippen molar-refractivity contribution in [2.24, 2.45) is 5.92 Å². The molecule has 0 amide bonds. The zero-order chi connectivity index (χ0) is 13.0. The number of nitrogen functional groups attached to an aromatic ring is 1. The second kappa shape index (κ2) is 5.98. The van der Waals surface area contributed by atoms with E-state index in [0.29, 0.717) is 12.0 Å². The van der Waals surface area contributed by atoms with E-state index < -0.39 is 0 Å². The van der Waals surface area contributed by atoms with E-state index in [4.69, 9.17) is 10.5 Å². The van der Waals surface area contributed by atoms with Crippen LogP contribution in [0, 0.1) is 5.92 Å². The van der Waals surface area contributed by atoms with Gasteiger partial charge in [0, 0.05) is 6.04 Å². The molecule has 0 radical (unpaired) electrons. The Morgan fingerprint density at radius 3 is 2.78 bits per heavy atom. The Morgan fingerprint density at radius 1 is 1.22 bits per heavy atom. The number of hydrogen-bond donors (Lipinski definition) is 2. The van der Waals surface area contributed by atoms with Crippen LogP contribution in [0.4, 0.5) is 11.4 Å². The third-order valence-corrected chi connectivity index (χ3v) is 3.99. The Hall–Kier alpha value is -1.38. The van der Waals surface area contributed by atoms with E-state index in [2.05, 4.69) is 12.2 Å². The molecule has 0 heterocycles. The average molecular weight is 248 g/mol. The van der Waals surface area contributed by atoms with Gasteiger partial charge in [-0.2, -0.15) is 0 Å². The van der Waals surface area contributed by atoms with Gasteiger partial charge in [-0.05, 0) is 30.9 Å². The highest BCUT2D eigenvalue weighted by Gasteiger charge is 2.20. The number of methoxy groups -OCH3 is 1. The maximum absolute atomic E-state index is 6.11. The van der Waals surface area contributed by atoms with Gasteiger partial charge in [-0.1, -0.05) is 32.3 Å². The normalized spacial score (nSPS) is 24.3. The highest BCUT2D eigenvalue weighted by Crippen LogP contribution is 2.32. The summed E-state index contributed by atoms with van der Waals surface area (Å²) in [5.41, 5.74) is 7.83. The molecule has 1 aliphatic rings. The number of ether oxygens (including phenoxy) is 1. The van der Waals surface area contributed by atoms with Crippen molar-refractivity contribution in [3.8, 4) is 5.75 Å². The summed E-state index contributed by atoms with van der Waals surface area (Å²) in [7, 11) is 1.66. The monoisotopic (exact) mass is 248 g/mol. The molecule has 100 valence electrons. The summed E-state index contributed by atoms with van der Waals surface area (Å²) in [5.74, 6) is 1.46. The average Bonchev–Trinajstić information content (AvgIpc) is 2.57. The standard InChI is InChI=1S/C15H24N2O/c1-11-7-4-3-5-8-12(11)17-13-9-6-10-14(18-2)15(13)16/h6,9-12,17H,3-5,7-8,16H2,1-2H3. The Balaban J connectivity index is 2.12. The molecular formula is C15H24N2O. The number of rotatable bonds is 3. The van der Waals surface area contributed by atoms with Gasteiger partial charge in [0.15, 0.2) is 0 Å². The molecule has 0 aliphatic heterocycles. The molecule has 1 aromatic carbocycles. The van der Waals surface area contributed by atoms with Crippen LogP contribution in [0.3, 0.4) is 0 Å². The van der Waals surface area contributed by atoms with Crippen molar-refractivity contribution in [2.75, 3.05) is 18.2 Å². The lowest BCUT2D eigenvalue weighted by molar-refractivity contribution is 0.416. The molecule has 3 nitrogen and oxygen atoms in total. The van der Waals surface area contributed by atoms with Gasteiger partial charge in [0.05, 0.1) is 18.5 Å². The van der Waals surface area contributed by atoms with E-state index in [1.807, 2.05) is 18.2 Å². The fraction of sp³-hybridized carbons (Fsp3) is 0.600. The lowest BCUT2D eigenvalue weighted by Crippen LogP contribution is -2.26. The summed E-state index contributed by atoms with van der Waals surface area (Å²) < 4.78 is 5.26. The first kappa shape index (κ1) is 13.1. The second-order valence-corrected chi connectivity index (χ2v) is 5.29. The van der Waals surface area contributed by atoms with Crippen LogP contribution in [0.1, 0.15) is 39.0 Å². The minimum atomic E-state index is 0.530. The SMILES string of the molecule is COc1cccc(NC2CCCCCC2C)c1N. The molecule has 1 aromatic rings. The Labute approximate surface area is 110 Å². The third kappa shape index (κ3) is 2.89. The Bertz CT molecular complexity index is 392. The minimum absolute atomic E-state index is 0.530. The van der Waals surface area contributed by atoms with E-state index >= 15 is 0 Å². The lowest BCUT2D eigenvalue weighted by atomic mass is 9.96. The Morgan fingerprint density at radius 2 is 2.00 bits per heavy atom. The van der Waals surface area contributed by atoms with Crippen LogP contribution >= 0.6 is 0 Å². The summed E-state index contributed by atoms with van der Waals surface area (Å²) >= 11 is 0. The van der Waals surface area contributed by atoms with Crippen molar-refractivity contribution >= 4 is 11.4 Å². The van der Waals surface area contributed by atoms with E-state index in [-0.39, 0.29) is 0 Å². The maximum atomic E-state index is 6.11. The quantitative estimate of drug-likeness (QED) is 0.634. The molecule has 0 bridgehead atoms. The van der Waals surface area contributed by atoms with E-state index in [1.54, 1.807) is 7.11 Å². The van der Waals surface area contributed by atoms with Crippen molar-refractivity contribution in [2.45, 2.75) is 45.1 Å². The molecule has 1 saturated carbocycles. The molecule has 18 heavy (non-hydrogen) atoms. The van der Waals surface area contributed by atoms with Crippen LogP contribution in [0.25, 0.3) is 0 Å². The molecule has 0 aromatic heterocycles. The number of nitrogens with one attached hydrogen (secondary N) is 1. The highest BCUT2D eigenvalue weighted by molar-refractivity contribution is 5.73. The van der Waals surface area contributed by atoms with Crippen LogP contribution < -0.4 is 15.8 Å². The van der Waals surface area contributed by atoms with E-state index in [9.17, 15) is 0 Å². The predicted molar refractivity (Wildman–Crippen MR) is 77.1 cm³/mol. The molecule has 2 unspecified atom stereocenters. The topological polar surface area (TPSA) is 47.3 Å². The fourth-order valence-electron chi connectivity index (χ4n) is 2.76. The number of hydrogen-bond acceptors (Lipinski definition) is 3. The molecular weight excluding hydrogens is 224 g/mol. The predicted octanol–water partition coefficient (Wildman–Crippen LogP) is 3.66. The Kier molecular flexibility index (Phi) is 4.34. The van der Waals surface area contributed by atoms with Crippen molar-refractivity contribution < 1.29 is 4.74 Å². The lowest BCUT2D eigenvalue weighted by Gasteiger charge is -2.25. The summed E-state index contributed by atoms with van der Waals surface area (Å²) in [4.78, 5) is 0. The first-order chi connectivity index (χ1) is 8.72. The van der Waals surface area contributed by atoms with Crippen molar-refractivity contribution in [1.29, 1.82) is 0 Å². The molecule has 2 rings (SSSR count). The summed E-state index contributed by atoms with van der Waals surface area (Å²) in [6, 6.07) is 6.45. The largest absolute Gasteiger partial charge is 0.495 e. The smallest absolute Gasteiger partial charge is 0.143 e. The molecule has 0 spiro atoms. The first-order valence-electron chi connectivity index (χ1n) is 6.91. The van der Waals surface area contributed by atoms with E-state index in [0.717, 1.165) is 17.1 Å². The molecule has 0 saturated heterocycles. The van der Waals surface area contributed by atoms with Gasteiger partial charge in [-0.3, -0.25) is 0 Å². The second-order valence-electron chi connectivity index (χ2n) is 5.29. The fourth-order valence-corrected chi connectivity index (χ4v) is 2.76. The molecule has 2 atom stereocenters. The maximum Gasteiger partial charge on any atom is 0.143 e. The summed E-state index contributed by atoms with van der Waals surface area (Å²) in [6.07, 6.45) is 6.56. The van der Waals surface area contributed by atoms with Gasteiger partial charge in [0.1, 0.15) is 5.75 Å². The van der Waals surface area contributed by atoms with Crippen molar-refractivity contribution in [3.05, 3.63) is 18.2 Å². The van der Waals surface area contributed by atoms with Crippen LogP contribution in [0.15, 0.2) is 18.2 Å². The van der Waals surface area contributed by atoms with Crippen molar-refractivity contribution in [1.82, 2.24) is 0 Å². The number of nitrogens with two attached hydrogens (primary N) is 1. The summed E-state index contributed by atoms with van der Waals surface area (Å²) in [6.45, 7) is 2.33. The van der Waals surface area contributed by atoms with Crippen LogP contribution in [0.5, 0.6) is 5.75 Å². The molecule has 1 aliphatic carbocycles. The van der Waals surface area contributed by atoms with Gasteiger partial charge in [-0.15, -0.1) is 0 Å². The zero-order valence-electron chi connectivity index (χ0n) is 11.4. The number of anilines is 2. The van der Waals surface area contributed by atoms with Crippen LogP contribution in [0.2, 0.25) is 0 Å².